The molecular weight excluding hydrogens is 373 g/mol. The molecule has 1 amide bonds. The lowest BCUT2D eigenvalue weighted by atomic mass is 10.3. The first-order valence-electron chi connectivity index (χ1n) is 7.63. The van der Waals surface area contributed by atoms with E-state index in [-0.39, 0.29) is 17.7 Å². The fraction of sp³-hybridized carbons (Fsp3) is 0.467. The van der Waals surface area contributed by atoms with Crippen LogP contribution < -0.4 is 5.32 Å². The van der Waals surface area contributed by atoms with Crippen LogP contribution in [0, 0.1) is 0 Å². The first-order chi connectivity index (χ1) is 11.9. The number of nitrogens with one attached hydrogen (secondary N) is 1. The van der Waals surface area contributed by atoms with Crippen LogP contribution in [0.3, 0.4) is 0 Å². The van der Waals surface area contributed by atoms with Gasteiger partial charge in [0.25, 0.3) is 0 Å². The van der Waals surface area contributed by atoms with E-state index in [0.29, 0.717) is 16.9 Å². The van der Waals surface area contributed by atoms with E-state index in [1.165, 1.54) is 26.2 Å². The minimum Gasteiger partial charge on any atom is -0.347 e. The molecule has 2 rings (SSSR count). The third kappa shape index (κ3) is 4.52. The number of rotatable bonds is 6. The van der Waals surface area contributed by atoms with Crippen LogP contribution in [0.15, 0.2) is 23.1 Å². The van der Waals surface area contributed by atoms with Crippen molar-refractivity contribution in [2.75, 3.05) is 20.6 Å². The Morgan fingerprint density at radius 3 is 2.54 bits per heavy atom. The van der Waals surface area contributed by atoms with Crippen molar-refractivity contribution in [3.05, 3.63) is 24.0 Å². The van der Waals surface area contributed by atoms with Crippen molar-refractivity contribution < 1.29 is 26.4 Å². The fourth-order valence-corrected chi connectivity index (χ4v) is 3.26. The van der Waals surface area contributed by atoms with E-state index < -0.39 is 28.7 Å². The molecule has 0 aliphatic rings. The zero-order valence-electron chi connectivity index (χ0n) is 14.5. The summed E-state index contributed by atoms with van der Waals surface area (Å²) < 4.78 is 63.4. The van der Waals surface area contributed by atoms with Gasteiger partial charge in [0.15, 0.2) is 0 Å². The van der Waals surface area contributed by atoms with Gasteiger partial charge in [-0.2, -0.15) is 13.2 Å². The van der Waals surface area contributed by atoms with E-state index in [1.54, 1.807) is 23.0 Å². The first-order valence-corrected chi connectivity index (χ1v) is 9.07. The Balaban J connectivity index is 2.17. The summed E-state index contributed by atoms with van der Waals surface area (Å²) in [6, 6.07) is 4.49. The maximum Gasteiger partial charge on any atom is 0.405 e. The number of carbonyl (C=O) groups is 1. The average Bonchev–Trinajstić information content (AvgIpc) is 2.85. The zero-order valence-corrected chi connectivity index (χ0v) is 15.3. The summed E-state index contributed by atoms with van der Waals surface area (Å²) in [4.78, 5) is 15.9. The van der Waals surface area contributed by atoms with Gasteiger partial charge in [-0.3, -0.25) is 4.79 Å². The van der Waals surface area contributed by atoms with Crippen LogP contribution in [0.4, 0.5) is 13.2 Å². The topological polar surface area (TPSA) is 84.3 Å². The molecule has 26 heavy (non-hydrogen) atoms. The van der Waals surface area contributed by atoms with Crippen LogP contribution >= 0.6 is 0 Å². The van der Waals surface area contributed by atoms with E-state index in [1.807, 2.05) is 0 Å². The number of aromatic nitrogens is 2. The molecule has 0 aliphatic heterocycles. The highest BCUT2D eigenvalue weighted by molar-refractivity contribution is 7.89. The Hall–Kier alpha value is -2.14. The molecule has 0 unspecified atom stereocenters. The molecule has 2 aromatic rings. The molecule has 1 heterocycles. The van der Waals surface area contributed by atoms with Crippen molar-refractivity contribution in [1.29, 1.82) is 0 Å². The predicted octanol–water partition coefficient (Wildman–Crippen LogP) is 1.43. The van der Waals surface area contributed by atoms with Crippen molar-refractivity contribution in [3.63, 3.8) is 0 Å². The third-order valence-corrected chi connectivity index (χ3v) is 5.60. The van der Waals surface area contributed by atoms with Crippen molar-refractivity contribution in [2.24, 2.45) is 7.05 Å². The van der Waals surface area contributed by atoms with Crippen molar-refractivity contribution in [2.45, 2.75) is 23.9 Å². The maximum absolute atomic E-state index is 12.2. The Kier molecular flexibility index (Phi) is 5.61. The van der Waals surface area contributed by atoms with E-state index in [2.05, 4.69) is 4.98 Å². The molecule has 11 heteroatoms. The highest BCUT2D eigenvalue weighted by atomic mass is 32.2. The maximum atomic E-state index is 12.2. The van der Waals surface area contributed by atoms with Crippen LogP contribution in [0.25, 0.3) is 11.0 Å². The summed E-state index contributed by atoms with van der Waals surface area (Å²) in [5.41, 5.74) is 1.09. The number of hydrogen-bond acceptors (Lipinski definition) is 4. The molecule has 0 fully saturated rings. The summed E-state index contributed by atoms with van der Waals surface area (Å²) in [6.07, 6.45) is -4.48. The molecule has 0 aliphatic carbocycles. The number of alkyl halides is 3. The molecule has 7 nitrogen and oxygen atoms in total. The molecule has 0 atom stereocenters. The lowest BCUT2D eigenvalue weighted by Gasteiger charge is -2.10. The lowest BCUT2D eigenvalue weighted by molar-refractivity contribution is -0.138. The number of benzene rings is 1. The van der Waals surface area contributed by atoms with E-state index >= 15 is 0 Å². The second kappa shape index (κ2) is 7.23. The number of aryl methyl sites for hydroxylation is 2. The normalized spacial score (nSPS) is 12.7. The molecule has 0 radical (unpaired) electrons. The standard InChI is InChI=1S/C15H19F3N4O3S/c1-21(2)26(24,25)10-4-5-12-11(8-10)20-13(22(12)3)6-7-14(23)19-9-15(16,17)18/h4-5,8H,6-7,9H2,1-3H3,(H,19,23). The largest absolute Gasteiger partial charge is 0.405 e. The van der Waals surface area contributed by atoms with E-state index in [0.717, 1.165) is 4.31 Å². The summed E-state index contributed by atoms with van der Waals surface area (Å²) in [5.74, 6) is -0.258. The summed E-state index contributed by atoms with van der Waals surface area (Å²) in [5, 5.41) is 1.80. The molecule has 0 saturated heterocycles. The van der Waals surface area contributed by atoms with Crippen molar-refractivity contribution in [3.8, 4) is 0 Å². The molecule has 1 aromatic heterocycles. The zero-order chi connectivity index (χ0) is 19.7. The SMILES string of the molecule is CN(C)S(=O)(=O)c1ccc2c(c1)nc(CCC(=O)NCC(F)(F)F)n2C. The Bertz CT molecular complexity index is 920. The Morgan fingerprint density at radius 1 is 1.31 bits per heavy atom. The fourth-order valence-electron chi connectivity index (χ4n) is 2.34. The van der Waals surface area contributed by atoms with Crippen LogP contribution in [0.1, 0.15) is 12.2 Å². The summed E-state index contributed by atoms with van der Waals surface area (Å²) in [6.45, 7) is -1.37. The van der Waals surface area contributed by atoms with E-state index in [4.69, 9.17) is 0 Å². The van der Waals surface area contributed by atoms with Gasteiger partial charge in [-0.05, 0) is 18.2 Å². The van der Waals surface area contributed by atoms with Gasteiger partial charge < -0.3 is 9.88 Å². The average molecular weight is 392 g/mol. The molecule has 0 saturated carbocycles. The Morgan fingerprint density at radius 2 is 1.96 bits per heavy atom. The van der Waals surface area contributed by atoms with Gasteiger partial charge in [0, 0.05) is 34.0 Å². The minimum atomic E-state index is -4.46. The highest BCUT2D eigenvalue weighted by Crippen LogP contribution is 2.22. The first kappa shape index (κ1) is 20.2. The second-order valence-electron chi connectivity index (χ2n) is 5.92. The van der Waals surface area contributed by atoms with Crippen LogP contribution in [-0.4, -0.2) is 55.0 Å². The number of amides is 1. The van der Waals surface area contributed by atoms with Gasteiger partial charge in [0.05, 0.1) is 15.9 Å². The summed E-state index contributed by atoms with van der Waals surface area (Å²) >= 11 is 0. The number of sulfonamides is 1. The smallest absolute Gasteiger partial charge is 0.347 e. The van der Waals surface area contributed by atoms with Gasteiger partial charge in [-0.15, -0.1) is 0 Å². The third-order valence-electron chi connectivity index (χ3n) is 3.79. The lowest BCUT2D eigenvalue weighted by Crippen LogP contribution is -2.33. The number of carbonyl (C=O) groups excluding carboxylic acids is 1. The molecular formula is C15H19F3N4O3S. The molecule has 0 bridgehead atoms. The molecule has 0 spiro atoms. The quantitative estimate of drug-likeness (QED) is 0.806. The van der Waals surface area contributed by atoms with Gasteiger partial charge >= 0.3 is 6.18 Å². The Labute approximate surface area is 148 Å². The number of fused-ring (bicyclic) bond motifs is 1. The molecule has 1 aromatic carbocycles. The monoisotopic (exact) mass is 392 g/mol. The van der Waals surface area contributed by atoms with Crippen molar-refractivity contribution >= 4 is 27.0 Å². The highest BCUT2D eigenvalue weighted by Gasteiger charge is 2.27. The van der Waals surface area contributed by atoms with Gasteiger partial charge in [-0.25, -0.2) is 17.7 Å². The van der Waals surface area contributed by atoms with Gasteiger partial charge in [0.1, 0.15) is 12.4 Å². The number of hydrogen-bond donors (Lipinski definition) is 1. The van der Waals surface area contributed by atoms with E-state index in [9.17, 15) is 26.4 Å². The minimum absolute atomic E-state index is 0.0857. The van der Waals surface area contributed by atoms with Crippen LogP contribution in [-0.2, 0) is 28.3 Å². The van der Waals surface area contributed by atoms with Gasteiger partial charge in [-0.1, -0.05) is 0 Å². The molecule has 144 valence electrons. The molecule has 1 N–H and O–H groups in total. The number of nitrogens with zero attached hydrogens (tertiary/aromatic N) is 3. The summed E-state index contributed by atoms with van der Waals surface area (Å²) in [7, 11) is 0.926. The second-order valence-corrected chi connectivity index (χ2v) is 8.07. The number of halogens is 3. The van der Waals surface area contributed by atoms with Crippen LogP contribution in [0.2, 0.25) is 0 Å². The van der Waals surface area contributed by atoms with Crippen molar-refractivity contribution in [1.82, 2.24) is 19.2 Å². The predicted molar refractivity (Wildman–Crippen MR) is 89.0 cm³/mol. The van der Waals surface area contributed by atoms with Gasteiger partial charge in [0.2, 0.25) is 15.9 Å². The van der Waals surface area contributed by atoms with Crippen LogP contribution in [0.5, 0.6) is 0 Å². The number of imidazole rings is 1.